The van der Waals surface area contributed by atoms with Crippen molar-refractivity contribution in [2.75, 3.05) is 5.32 Å². The summed E-state index contributed by atoms with van der Waals surface area (Å²) in [6, 6.07) is 4.81. The first kappa shape index (κ1) is 18.7. The second kappa shape index (κ2) is 7.26. The van der Waals surface area contributed by atoms with Gasteiger partial charge in [0.05, 0.1) is 17.1 Å². The van der Waals surface area contributed by atoms with Crippen LogP contribution in [0.15, 0.2) is 29.3 Å². The van der Waals surface area contributed by atoms with Crippen LogP contribution in [0.5, 0.6) is 0 Å². The summed E-state index contributed by atoms with van der Waals surface area (Å²) in [6.45, 7) is 4.18. The molecule has 3 aromatic rings. The van der Waals surface area contributed by atoms with Gasteiger partial charge in [-0.3, -0.25) is 13.8 Å². The number of urea groups is 1. The second-order valence-corrected chi connectivity index (χ2v) is 7.13. The first-order chi connectivity index (χ1) is 12.8. The van der Waals surface area contributed by atoms with E-state index in [1.807, 2.05) is 6.07 Å². The van der Waals surface area contributed by atoms with E-state index >= 15 is 0 Å². The minimum atomic E-state index is -0.330. The highest BCUT2D eigenvalue weighted by Gasteiger charge is 2.20. The van der Waals surface area contributed by atoms with Gasteiger partial charge in [-0.15, -0.1) is 0 Å². The molecule has 0 fully saturated rings. The van der Waals surface area contributed by atoms with Crippen LogP contribution < -0.4 is 16.3 Å². The van der Waals surface area contributed by atoms with E-state index in [1.165, 1.54) is 6.33 Å². The van der Waals surface area contributed by atoms with E-state index in [-0.39, 0.29) is 17.8 Å². The Morgan fingerprint density at radius 2 is 1.85 bits per heavy atom. The minimum absolute atomic E-state index is 0.106. The van der Waals surface area contributed by atoms with E-state index < -0.39 is 0 Å². The number of anilines is 1. The maximum atomic E-state index is 12.6. The molecule has 0 spiro atoms. The third-order valence-electron chi connectivity index (χ3n) is 4.60. The van der Waals surface area contributed by atoms with Crippen molar-refractivity contribution in [1.82, 2.24) is 29.2 Å². The van der Waals surface area contributed by atoms with Crippen molar-refractivity contribution in [3.8, 4) is 0 Å². The Bertz CT molecular complexity index is 1030. The van der Waals surface area contributed by atoms with Crippen LogP contribution in [0.25, 0.3) is 11.0 Å². The number of benzene rings is 1. The Labute approximate surface area is 157 Å². The lowest BCUT2D eigenvalue weighted by atomic mass is 10.0. The smallest absolute Gasteiger partial charge is 0.328 e. The number of amides is 2. The quantitative estimate of drug-likeness (QED) is 0.716. The monoisotopic (exact) mass is 371 g/mol. The van der Waals surface area contributed by atoms with Gasteiger partial charge in [-0.05, 0) is 30.5 Å². The molecule has 9 heteroatoms. The number of hydrogen-bond acceptors (Lipinski definition) is 4. The lowest BCUT2D eigenvalue weighted by molar-refractivity contribution is 0.245. The molecule has 0 aliphatic heterocycles. The molecule has 2 aromatic heterocycles. The van der Waals surface area contributed by atoms with Gasteiger partial charge < -0.3 is 10.6 Å². The molecule has 0 bridgehead atoms. The largest absolute Gasteiger partial charge is 0.328 e. The van der Waals surface area contributed by atoms with Crippen LogP contribution in [-0.4, -0.2) is 29.9 Å². The van der Waals surface area contributed by atoms with Crippen LogP contribution in [0.3, 0.4) is 0 Å². The summed E-state index contributed by atoms with van der Waals surface area (Å²) in [6.07, 6.45) is 2.22. The third-order valence-corrected chi connectivity index (χ3v) is 4.60. The standard InChI is InChI=1S/C18H25N7O2/c1-11(2)8-13(16-19-10-20-25(16)5)22-17(26)21-12-6-7-14-15(9-12)24(4)18(27)23(14)3/h6-7,9-11,13H,8H2,1-5H3,(H2,21,22,26)/t13-/m0/s1. The minimum Gasteiger partial charge on any atom is -0.328 e. The molecule has 2 amide bonds. The molecule has 1 aromatic carbocycles. The number of fused-ring (bicyclic) bond motifs is 1. The van der Waals surface area contributed by atoms with Gasteiger partial charge in [0.1, 0.15) is 12.2 Å². The SMILES string of the molecule is CC(C)C[C@H](NC(=O)Nc1ccc2c(c1)n(C)c(=O)n2C)c1ncnn1C. The number of hydrogen-bond donors (Lipinski definition) is 2. The highest BCUT2D eigenvalue weighted by molar-refractivity contribution is 5.92. The molecule has 0 aliphatic rings. The van der Waals surface area contributed by atoms with E-state index in [0.717, 1.165) is 17.5 Å². The Kier molecular flexibility index (Phi) is 5.02. The van der Waals surface area contributed by atoms with Gasteiger partial charge in [0.25, 0.3) is 0 Å². The normalized spacial score (nSPS) is 12.5. The zero-order chi connectivity index (χ0) is 19.7. The zero-order valence-electron chi connectivity index (χ0n) is 16.2. The summed E-state index contributed by atoms with van der Waals surface area (Å²) in [4.78, 5) is 28.9. The highest BCUT2D eigenvalue weighted by atomic mass is 16.2. The van der Waals surface area contributed by atoms with Crippen LogP contribution in [0.1, 0.15) is 32.1 Å². The van der Waals surface area contributed by atoms with Gasteiger partial charge in [-0.2, -0.15) is 5.10 Å². The molecular weight excluding hydrogens is 346 g/mol. The maximum Gasteiger partial charge on any atom is 0.328 e. The van der Waals surface area contributed by atoms with Gasteiger partial charge in [-0.1, -0.05) is 13.8 Å². The summed E-state index contributed by atoms with van der Waals surface area (Å²) in [5.74, 6) is 1.09. The summed E-state index contributed by atoms with van der Waals surface area (Å²) in [5, 5.41) is 9.90. The predicted octanol–water partition coefficient (Wildman–Crippen LogP) is 1.91. The predicted molar refractivity (Wildman–Crippen MR) is 104 cm³/mol. The number of rotatable bonds is 5. The van der Waals surface area contributed by atoms with Gasteiger partial charge in [-0.25, -0.2) is 14.6 Å². The van der Waals surface area contributed by atoms with Crippen molar-refractivity contribution in [2.24, 2.45) is 27.1 Å². The topological polar surface area (TPSA) is 98.8 Å². The fourth-order valence-corrected chi connectivity index (χ4v) is 3.23. The molecule has 0 aliphatic carbocycles. The first-order valence-corrected chi connectivity index (χ1v) is 8.84. The summed E-state index contributed by atoms with van der Waals surface area (Å²) < 4.78 is 4.80. The van der Waals surface area contributed by atoms with E-state index in [1.54, 1.807) is 47.1 Å². The number of nitrogens with one attached hydrogen (secondary N) is 2. The van der Waals surface area contributed by atoms with Crippen molar-refractivity contribution in [1.29, 1.82) is 0 Å². The van der Waals surface area contributed by atoms with E-state index in [0.29, 0.717) is 17.4 Å². The molecule has 3 rings (SSSR count). The number of imidazole rings is 1. The number of aryl methyl sites for hydroxylation is 3. The number of aromatic nitrogens is 5. The number of carbonyl (C=O) groups is 1. The first-order valence-electron chi connectivity index (χ1n) is 8.84. The molecule has 144 valence electrons. The van der Waals surface area contributed by atoms with Crippen molar-refractivity contribution in [3.63, 3.8) is 0 Å². The van der Waals surface area contributed by atoms with Gasteiger partial charge in [0, 0.05) is 26.8 Å². The molecule has 0 radical (unpaired) electrons. The van der Waals surface area contributed by atoms with E-state index in [9.17, 15) is 9.59 Å². The fourth-order valence-electron chi connectivity index (χ4n) is 3.23. The summed E-state index contributed by atoms with van der Waals surface area (Å²) in [5.41, 5.74) is 2.07. The van der Waals surface area contributed by atoms with Crippen molar-refractivity contribution < 1.29 is 4.79 Å². The van der Waals surface area contributed by atoms with Crippen LogP contribution in [0.2, 0.25) is 0 Å². The molecule has 2 N–H and O–H groups in total. The van der Waals surface area contributed by atoms with Crippen molar-refractivity contribution >= 4 is 22.8 Å². The summed E-state index contributed by atoms with van der Waals surface area (Å²) in [7, 11) is 5.24. The van der Waals surface area contributed by atoms with Crippen LogP contribution in [-0.2, 0) is 21.1 Å². The Morgan fingerprint density at radius 1 is 1.15 bits per heavy atom. The van der Waals surface area contributed by atoms with Crippen LogP contribution in [0.4, 0.5) is 10.5 Å². The lowest BCUT2D eigenvalue weighted by Crippen LogP contribution is -2.34. The van der Waals surface area contributed by atoms with Crippen molar-refractivity contribution in [3.05, 3.63) is 40.8 Å². The van der Waals surface area contributed by atoms with Crippen LogP contribution in [0, 0.1) is 5.92 Å². The maximum absolute atomic E-state index is 12.6. The van der Waals surface area contributed by atoms with Gasteiger partial charge >= 0.3 is 11.7 Å². The van der Waals surface area contributed by atoms with E-state index in [4.69, 9.17) is 0 Å². The molecule has 9 nitrogen and oxygen atoms in total. The van der Waals surface area contributed by atoms with Gasteiger partial charge in [0.2, 0.25) is 0 Å². The Morgan fingerprint density at radius 3 is 2.48 bits per heavy atom. The molecule has 0 saturated heterocycles. The average Bonchev–Trinajstić information content (AvgIpc) is 3.12. The molecule has 2 heterocycles. The molecule has 0 saturated carbocycles. The third kappa shape index (κ3) is 3.71. The lowest BCUT2D eigenvalue weighted by Gasteiger charge is -2.20. The highest BCUT2D eigenvalue weighted by Crippen LogP contribution is 2.20. The van der Waals surface area contributed by atoms with E-state index in [2.05, 4.69) is 34.6 Å². The van der Waals surface area contributed by atoms with Crippen molar-refractivity contribution in [2.45, 2.75) is 26.3 Å². The fraction of sp³-hybridized carbons (Fsp3) is 0.444. The number of carbonyl (C=O) groups excluding carboxylic acids is 1. The number of nitrogens with zero attached hydrogens (tertiary/aromatic N) is 5. The average molecular weight is 371 g/mol. The summed E-state index contributed by atoms with van der Waals surface area (Å²) >= 11 is 0. The van der Waals surface area contributed by atoms with Gasteiger partial charge in [0.15, 0.2) is 0 Å². The molecule has 1 atom stereocenters. The molecule has 0 unspecified atom stereocenters. The zero-order valence-corrected chi connectivity index (χ0v) is 16.2. The van der Waals surface area contributed by atoms with Crippen LogP contribution >= 0.6 is 0 Å². The Hall–Kier alpha value is -3.10. The molecule has 27 heavy (non-hydrogen) atoms. The second-order valence-electron chi connectivity index (χ2n) is 7.13. The molecular formula is C18H25N7O2. The Balaban J connectivity index is 1.79.